The molecule has 3 heterocycles. The van der Waals surface area contributed by atoms with Crippen LogP contribution in [0.3, 0.4) is 0 Å². The number of aromatic nitrogens is 4. The van der Waals surface area contributed by atoms with Gasteiger partial charge in [-0.05, 0) is 19.1 Å². The van der Waals surface area contributed by atoms with Crippen LogP contribution in [0.5, 0.6) is 0 Å². The van der Waals surface area contributed by atoms with E-state index >= 15 is 0 Å². The second-order valence-corrected chi connectivity index (χ2v) is 7.22. The molecular weight excluding hydrogens is 388 g/mol. The van der Waals surface area contributed by atoms with Crippen LogP contribution in [0.1, 0.15) is 43.8 Å². The third kappa shape index (κ3) is 3.76. The lowest BCUT2D eigenvalue weighted by Crippen LogP contribution is -2.22. The monoisotopic (exact) mass is 405 g/mol. The van der Waals surface area contributed by atoms with Gasteiger partial charge in [-0.3, -0.25) is 9.20 Å². The second kappa shape index (κ2) is 7.32. The van der Waals surface area contributed by atoms with Crippen LogP contribution in [0, 0.1) is 17.2 Å². The van der Waals surface area contributed by atoms with Gasteiger partial charge in [0.05, 0.1) is 24.2 Å². The first-order valence-corrected chi connectivity index (χ1v) is 9.02. The van der Waals surface area contributed by atoms with Gasteiger partial charge in [0.2, 0.25) is 0 Å². The van der Waals surface area contributed by atoms with Crippen LogP contribution in [0.15, 0.2) is 35.1 Å². The molecule has 0 saturated carbocycles. The van der Waals surface area contributed by atoms with Gasteiger partial charge in [0.1, 0.15) is 16.5 Å². The van der Waals surface area contributed by atoms with Gasteiger partial charge in [0, 0.05) is 30.7 Å². The Morgan fingerprint density at radius 1 is 1.32 bits per heavy atom. The van der Waals surface area contributed by atoms with E-state index in [-0.39, 0.29) is 29.1 Å². The van der Waals surface area contributed by atoms with E-state index in [1.54, 1.807) is 25.1 Å². The number of nitrogens with zero attached hydrogens (tertiary/aromatic N) is 5. The van der Waals surface area contributed by atoms with Crippen LogP contribution >= 0.6 is 11.6 Å². The van der Waals surface area contributed by atoms with Gasteiger partial charge >= 0.3 is 0 Å². The highest BCUT2D eigenvalue weighted by Gasteiger charge is 2.29. The first-order chi connectivity index (χ1) is 13.1. The van der Waals surface area contributed by atoms with E-state index in [9.17, 15) is 18.8 Å². The summed E-state index contributed by atoms with van der Waals surface area (Å²) in [6, 6.07) is 9.83. The molecule has 0 aliphatic heterocycles. The van der Waals surface area contributed by atoms with Gasteiger partial charge in [-0.15, -0.1) is 0 Å². The van der Waals surface area contributed by atoms with Crippen molar-refractivity contribution in [2.75, 3.05) is 0 Å². The zero-order valence-electron chi connectivity index (χ0n) is 15.5. The summed E-state index contributed by atoms with van der Waals surface area (Å²) in [4.78, 5) is 17.2. The van der Waals surface area contributed by atoms with Gasteiger partial charge in [0.25, 0.3) is 11.5 Å². The summed E-state index contributed by atoms with van der Waals surface area (Å²) < 4.78 is 29.5. The minimum Gasteiger partial charge on any atom is -0.269 e. The van der Waals surface area contributed by atoms with E-state index in [1.165, 1.54) is 15.1 Å². The summed E-state index contributed by atoms with van der Waals surface area (Å²) in [5.41, 5.74) is 0.662. The molecule has 1 unspecified atom stereocenters. The molecule has 0 bridgehead atoms. The van der Waals surface area contributed by atoms with Crippen molar-refractivity contribution in [3.8, 4) is 6.07 Å². The van der Waals surface area contributed by atoms with E-state index in [4.69, 9.17) is 11.6 Å². The highest BCUT2D eigenvalue weighted by atomic mass is 35.5. The molecule has 0 spiro atoms. The van der Waals surface area contributed by atoms with E-state index in [1.807, 2.05) is 6.92 Å². The summed E-state index contributed by atoms with van der Waals surface area (Å²) >= 11 is 6.00. The number of hydrogen-bond acceptors (Lipinski definition) is 4. The minimum absolute atomic E-state index is 0.0188. The van der Waals surface area contributed by atoms with E-state index in [0.29, 0.717) is 17.0 Å². The van der Waals surface area contributed by atoms with Crippen LogP contribution in [-0.4, -0.2) is 19.2 Å². The lowest BCUT2D eigenvalue weighted by molar-refractivity contribution is 0.0121. The maximum Gasteiger partial charge on any atom is 0.288 e. The van der Waals surface area contributed by atoms with Crippen molar-refractivity contribution >= 4 is 17.2 Å². The Morgan fingerprint density at radius 2 is 2.04 bits per heavy atom. The van der Waals surface area contributed by atoms with Crippen molar-refractivity contribution in [2.45, 2.75) is 39.2 Å². The predicted molar refractivity (Wildman–Crippen MR) is 101 cm³/mol. The number of fused-ring (bicyclic) bond motifs is 1. The molecule has 0 radical (unpaired) electrons. The maximum atomic E-state index is 13.4. The average molecular weight is 406 g/mol. The predicted octanol–water partition coefficient (Wildman–Crippen LogP) is 3.97. The van der Waals surface area contributed by atoms with Crippen LogP contribution in [0.25, 0.3) is 5.65 Å². The van der Waals surface area contributed by atoms with E-state index in [0.717, 1.165) is 13.0 Å². The van der Waals surface area contributed by atoms with Crippen LogP contribution in [0.4, 0.5) is 8.78 Å². The third-order valence-corrected chi connectivity index (χ3v) is 4.98. The summed E-state index contributed by atoms with van der Waals surface area (Å²) in [5.74, 6) is -3.57. The van der Waals surface area contributed by atoms with Crippen molar-refractivity contribution in [2.24, 2.45) is 5.92 Å². The molecule has 9 heteroatoms. The third-order valence-electron chi connectivity index (χ3n) is 4.68. The lowest BCUT2D eigenvalue weighted by atomic mass is 9.93. The summed E-state index contributed by atoms with van der Waals surface area (Å²) in [6.45, 7) is 4.38. The van der Waals surface area contributed by atoms with E-state index < -0.39 is 11.6 Å². The minimum atomic E-state index is -3.12. The smallest absolute Gasteiger partial charge is 0.269 e. The van der Waals surface area contributed by atoms with Crippen molar-refractivity contribution < 1.29 is 8.78 Å². The van der Waals surface area contributed by atoms with Gasteiger partial charge in [-0.1, -0.05) is 24.6 Å². The fourth-order valence-electron chi connectivity index (χ4n) is 2.91. The van der Waals surface area contributed by atoms with Gasteiger partial charge in [0.15, 0.2) is 0 Å². The molecule has 28 heavy (non-hydrogen) atoms. The highest BCUT2D eigenvalue weighted by Crippen LogP contribution is 2.28. The van der Waals surface area contributed by atoms with Gasteiger partial charge in [-0.2, -0.15) is 19.1 Å². The number of pyridine rings is 1. The Labute approximate surface area is 165 Å². The number of alkyl halides is 2. The Balaban J connectivity index is 2.03. The molecule has 3 rings (SSSR count). The quantitative estimate of drug-likeness (QED) is 0.643. The fourth-order valence-corrected chi connectivity index (χ4v) is 3.11. The lowest BCUT2D eigenvalue weighted by Gasteiger charge is -2.17. The second-order valence-electron chi connectivity index (χ2n) is 6.83. The van der Waals surface area contributed by atoms with Crippen LogP contribution in [-0.2, 0) is 12.5 Å². The highest BCUT2D eigenvalue weighted by molar-refractivity contribution is 6.29. The summed E-state index contributed by atoms with van der Waals surface area (Å²) in [7, 11) is 0. The molecule has 0 amide bonds. The van der Waals surface area contributed by atoms with Gasteiger partial charge in [-0.25, -0.2) is 9.67 Å². The molecule has 0 saturated heterocycles. The van der Waals surface area contributed by atoms with Crippen molar-refractivity contribution in [3.63, 3.8) is 0 Å². The molecule has 0 aliphatic carbocycles. The number of hydrogen-bond donors (Lipinski definition) is 0. The van der Waals surface area contributed by atoms with Crippen LogP contribution < -0.4 is 5.56 Å². The fraction of sp³-hybridized carbons (Fsp3) is 0.368. The van der Waals surface area contributed by atoms with Crippen molar-refractivity contribution in [1.82, 2.24) is 19.2 Å². The summed E-state index contributed by atoms with van der Waals surface area (Å²) in [5, 5.41) is 13.0. The number of nitriles is 1. The molecular formula is C19H18ClF2N5O. The van der Waals surface area contributed by atoms with Gasteiger partial charge < -0.3 is 0 Å². The molecule has 0 aromatic carbocycles. The standard InChI is InChI=1S/C19H18ClF2N5O/c1-11(9-23)12(2)14-5-4-6-17-24-13(7-18(28)27(14)17)10-26-16(20)8-15(25-26)19(3,21)22/h4-8,11-12H,10H2,1-3H3/t11?,12-/m1/s1. The topological polar surface area (TPSA) is 76.0 Å². The summed E-state index contributed by atoms with van der Waals surface area (Å²) in [6.07, 6.45) is 0. The molecule has 0 fully saturated rings. The first-order valence-electron chi connectivity index (χ1n) is 8.64. The normalized spacial score (nSPS) is 14.0. The molecule has 3 aromatic heterocycles. The SMILES string of the molecule is CC(C#N)[C@@H](C)c1cccc2nc(Cn3nc(C(C)(F)F)cc3Cl)cc(=O)n12. The molecule has 0 N–H and O–H groups in total. The molecule has 0 aliphatic rings. The maximum absolute atomic E-state index is 13.4. The average Bonchev–Trinajstić information content (AvgIpc) is 3.00. The Morgan fingerprint density at radius 3 is 2.64 bits per heavy atom. The zero-order chi connectivity index (χ0) is 20.6. The largest absolute Gasteiger partial charge is 0.288 e. The molecule has 146 valence electrons. The Bertz CT molecular complexity index is 1130. The molecule has 3 aromatic rings. The zero-order valence-corrected chi connectivity index (χ0v) is 16.3. The first kappa shape index (κ1) is 20.0. The Hall–Kier alpha value is -2.79. The van der Waals surface area contributed by atoms with Crippen molar-refractivity contribution in [1.29, 1.82) is 5.26 Å². The number of rotatable bonds is 5. The number of halogens is 3. The van der Waals surface area contributed by atoms with Crippen LogP contribution in [0.2, 0.25) is 5.15 Å². The van der Waals surface area contributed by atoms with Crippen molar-refractivity contribution in [3.05, 3.63) is 62.9 Å². The molecule has 6 nitrogen and oxygen atoms in total. The Kier molecular flexibility index (Phi) is 5.22. The molecule has 2 atom stereocenters. The van der Waals surface area contributed by atoms with E-state index in [2.05, 4.69) is 16.2 Å².